The van der Waals surface area contributed by atoms with E-state index in [1.54, 1.807) is 35.2 Å². The van der Waals surface area contributed by atoms with Crippen molar-refractivity contribution < 1.29 is 29.0 Å². The molecule has 2 saturated heterocycles. The summed E-state index contributed by atoms with van der Waals surface area (Å²) in [7, 11) is 0. The van der Waals surface area contributed by atoms with Gasteiger partial charge in [-0.25, -0.2) is 0 Å². The molecular weight excluding hydrogens is 502 g/mol. The first-order valence-corrected chi connectivity index (χ1v) is 12.2. The molecule has 3 amide bonds. The number of morpholine rings is 2. The fourth-order valence-electron chi connectivity index (χ4n) is 4.53. The van der Waals surface area contributed by atoms with Crippen LogP contribution in [-0.2, 0) is 25.6 Å². The molecule has 3 aliphatic heterocycles. The highest BCUT2D eigenvalue weighted by Gasteiger charge is 2.39. The number of aliphatic hydroxyl groups excluding tert-OH is 1. The standard InChI is InChI=1S/C25H26ClN5O6/c26-19-12-16(2-4-18(19)24(34)30-5-8-36-9-6-30)31-7-10-37-21(25(31)35)20(32)23(33)29-15-1-3-17-14(11-15)13-28-22(17)27/h1-4,11-12,20-21,32H,5-10,13H2,(H2,27,28)(H,29,33). The molecule has 0 saturated carbocycles. The van der Waals surface area contributed by atoms with E-state index in [-0.39, 0.29) is 24.1 Å². The van der Waals surface area contributed by atoms with Crippen LogP contribution in [0.15, 0.2) is 41.4 Å². The van der Waals surface area contributed by atoms with Crippen LogP contribution in [0.3, 0.4) is 0 Å². The van der Waals surface area contributed by atoms with Gasteiger partial charge in [0.15, 0.2) is 12.2 Å². The molecule has 5 rings (SSSR count). The Morgan fingerprint density at radius 3 is 2.68 bits per heavy atom. The van der Waals surface area contributed by atoms with E-state index in [1.165, 1.54) is 11.0 Å². The molecule has 0 aliphatic carbocycles. The van der Waals surface area contributed by atoms with E-state index in [4.69, 9.17) is 26.8 Å². The quantitative estimate of drug-likeness (QED) is 0.520. The first-order valence-electron chi connectivity index (χ1n) is 11.8. The van der Waals surface area contributed by atoms with Crippen LogP contribution in [0.4, 0.5) is 11.4 Å². The first-order chi connectivity index (χ1) is 17.8. The molecule has 2 atom stereocenters. The average molecular weight is 528 g/mol. The van der Waals surface area contributed by atoms with Crippen LogP contribution >= 0.6 is 11.6 Å². The van der Waals surface area contributed by atoms with Crippen LogP contribution in [0.25, 0.3) is 0 Å². The number of anilines is 2. The van der Waals surface area contributed by atoms with Crippen molar-refractivity contribution in [1.29, 1.82) is 0 Å². The van der Waals surface area contributed by atoms with E-state index >= 15 is 0 Å². The maximum absolute atomic E-state index is 13.2. The molecule has 11 nitrogen and oxygen atoms in total. The van der Waals surface area contributed by atoms with Gasteiger partial charge in [0.2, 0.25) is 0 Å². The third-order valence-corrected chi connectivity index (χ3v) is 6.85. The molecule has 2 aromatic carbocycles. The summed E-state index contributed by atoms with van der Waals surface area (Å²) in [6, 6.07) is 9.83. The zero-order chi connectivity index (χ0) is 26.1. The Morgan fingerprint density at radius 2 is 1.92 bits per heavy atom. The molecular formula is C25H26ClN5O6. The highest BCUT2D eigenvalue weighted by molar-refractivity contribution is 6.34. The van der Waals surface area contributed by atoms with Crippen LogP contribution in [0.1, 0.15) is 21.5 Å². The lowest BCUT2D eigenvalue weighted by Gasteiger charge is -2.34. The lowest BCUT2D eigenvalue weighted by atomic mass is 10.1. The third-order valence-electron chi connectivity index (χ3n) is 6.54. The van der Waals surface area contributed by atoms with E-state index in [0.29, 0.717) is 55.6 Å². The van der Waals surface area contributed by atoms with Crippen molar-refractivity contribution in [1.82, 2.24) is 4.90 Å². The van der Waals surface area contributed by atoms with E-state index in [2.05, 4.69) is 10.3 Å². The molecule has 2 unspecified atom stereocenters. The van der Waals surface area contributed by atoms with Gasteiger partial charge in [-0.15, -0.1) is 0 Å². The number of fused-ring (bicyclic) bond motifs is 1. The lowest BCUT2D eigenvalue weighted by Crippen LogP contribution is -2.55. The minimum atomic E-state index is -1.75. The summed E-state index contributed by atoms with van der Waals surface area (Å²) in [5.41, 5.74) is 8.68. The molecule has 0 bridgehead atoms. The second kappa shape index (κ2) is 10.5. The van der Waals surface area contributed by atoms with Gasteiger partial charge in [-0.1, -0.05) is 11.6 Å². The number of amidine groups is 1. The predicted octanol–water partition coefficient (Wildman–Crippen LogP) is 0.763. The highest BCUT2D eigenvalue weighted by atomic mass is 35.5. The van der Waals surface area contributed by atoms with Crippen molar-refractivity contribution in [2.45, 2.75) is 18.8 Å². The smallest absolute Gasteiger partial charge is 0.259 e. The predicted molar refractivity (Wildman–Crippen MR) is 136 cm³/mol. The molecule has 2 aromatic rings. The van der Waals surface area contributed by atoms with Crippen LogP contribution in [0, 0.1) is 0 Å². The molecule has 3 aliphatic rings. The maximum Gasteiger partial charge on any atom is 0.259 e. The first kappa shape index (κ1) is 25.2. The number of halogens is 1. The fraction of sp³-hybridized carbons (Fsp3) is 0.360. The van der Waals surface area contributed by atoms with Gasteiger partial charge in [-0.05, 0) is 42.0 Å². The zero-order valence-electron chi connectivity index (χ0n) is 19.9. The number of aliphatic imine (C=N–C) groups is 1. The Balaban J connectivity index is 1.26. The monoisotopic (exact) mass is 527 g/mol. The minimum Gasteiger partial charge on any atom is -0.383 e. The number of hydrogen-bond donors (Lipinski definition) is 3. The van der Waals surface area contributed by atoms with Crippen molar-refractivity contribution in [2.24, 2.45) is 10.7 Å². The zero-order valence-corrected chi connectivity index (χ0v) is 20.6. The number of rotatable bonds is 5. The van der Waals surface area contributed by atoms with Gasteiger partial charge in [-0.3, -0.25) is 19.4 Å². The number of aliphatic hydroxyl groups is 1. The molecule has 0 aromatic heterocycles. The second-order valence-electron chi connectivity index (χ2n) is 8.86. The topological polar surface area (TPSA) is 147 Å². The third kappa shape index (κ3) is 5.03. The Hall–Kier alpha value is -3.51. The van der Waals surface area contributed by atoms with Crippen molar-refractivity contribution in [2.75, 3.05) is 49.7 Å². The summed E-state index contributed by atoms with van der Waals surface area (Å²) >= 11 is 6.42. The molecule has 194 valence electrons. The number of carbonyl (C=O) groups is 3. The minimum absolute atomic E-state index is 0.0995. The van der Waals surface area contributed by atoms with E-state index in [9.17, 15) is 19.5 Å². The molecule has 0 radical (unpaired) electrons. The normalized spacial score (nSPS) is 20.3. The van der Waals surface area contributed by atoms with Crippen LogP contribution < -0.4 is 16.0 Å². The van der Waals surface area contributed by atoms with Gasteiger partial charge < -0.3 is 35.4 Å². The van der Waals surface area contributed by atoms with Gasteiger partial charge in [0.25, 0.3) is 17.7 Å². The largest absolute Gasteiger partial charge is 0.383 e. The van der Waals surface area contributed by atoms with Gasteiger partial charge in [0.1, 0.15) is 5.84 Å². The van der Waals surface area contributed by atoms with Crippen LogP contribution in [0.2, 0.25) is 5.02 Å². The number of nitrogens with zero attached hydrogens (tertiary/aromatic N) is 3. The van der Waals surface area contributed by atoms with Crippen molar-refractivity contribution >= 4 is 46.5 Å². The van der Waals surface area contributed by atoms with Crippen molar-refractivity contribution in [3.8, 4) is 0 Å². The molecule has 2 fully saturated rings. The van der Waals surface area contributed by atoms with Gasteiger partial charge in [-0.2, -0.15) is 0 Å². The van der Waals surface area contributed by atoms with Gasteiger partial charge >= 0.3 is 0 Å². The number of ether oxygens (including phenoxy) is 2. The number of nitrogens with two attached hydrogens (primary N) is 1. The molecule has 4 N–H and O–H groups in total. The SMILES string of the molecule is NC1=NCc2cc(NC(=O)C(O)C3OCCN(c4ccc(C(=O)N5CCOCC5)c(Cl)c4)C3=O)ccc21. The summed E-state index contributed by atoms with van der Waals surface area (Å²) in [6.07, 6.45) is -3.15. The molecule has 37 heavy (non-hydrogen) atoms. The van der Waals surface area contributed by atoms with E-state index in [0.717, 1.165) is 11.1 Å². The summed E-state index contributed by atoms with van der Waals surface area (Å²) in [6.45, 7) is 2.60. The summed E-state index contributed by atoms with van der Waals surface area (Å²) in [4.78, 5) is 46.0. The van der Waals surface area contributed by atoms with Crippen LogP contribution in [0.5, 0.6) is 0 Å². The average Bonchev–Trinajstić information content (AvgIpc) is 3.28. The Kier molecular flexibility index (Phi) is 7.11. The summed E-state index contributed by atoms with van der Waals surface area (Å²) < 4.78 is 10.8. The van der Waals surface area contributed by atoms with Crippen molar-refractivity contribution in [3.05, 3.63) is 58.1 Å². The lowest BCUT2D eigenvalue weighted by molar-refractivity contribution is -0.150. The molecule has 0 spiro atoms. The van der Waals surface area contributed by atoms with Crippen molar-refractivity contribution in [3.63, 3.8) is 0 Å². The number of carbonyl (C=O) groups excluding carboxylic acids is 3. The summed E-state index contributed by atoms with van der Waals surface area (Å²) in [5.74, 6) is -1.14. The maximum atomic E-state index is 13.2. The Bertz CT molecular complexity index is 1280. The molecule has 3 heterocycles. The Labute approximate surface area is 217 Å². The molecule has 12 heteroatoms. The Morgan fingerprint density at radius 1 is 1.14 bits per heavy atom. The number of benzene rings is 2. The fourth-order valence-corrected chi connectivity index (χ4v) is 4.79. The summed E-state index contributed by atoms with van der Waals surface area (Å²) in [5, 5.41) is 13.5. The van der Waals surface area contributed by atoms with E-state index in [1.807, 2.05) is 0 Å². The van der Waals surface area contributed by atoms with Gasteiger partial charge in [0, 0.05) is 36.6 Å². The second-order valence-corrected chi connectivity index (χ2v) is 9.26. The number of amides is 3. The highest BCUT2D eigenvalue weighted by Crippen LogP contribution is 2.28. The number of nitrogens with one attached hydrogen (secondary N) is 1. The van der Waals surface area contributed by atoms with E-state index < -0.39 is 24.0 Å². The van der Waals surface area contributed by atoms with Crippen LogP contribution in [-0.4, -0.2) is 85.2 Å². The number of hydrogen-bond acceptors (Lipinski definition) is 8. The van der Waals surface area contributed by atoms with Gasteiger partial charge in [0.05, 0.1) is 37.0 Å².